The number of fused-ring (bicyclic) bond motifs is 6. The molecular weight excluding hydrogens is 605 g/mol. The van der Waals surface area contributed by atoms with Gasteiger partial charge in [-0.15, -0.1) is 0 Å². The van der Waals surface area contributed by atoms with E-state index in [1.807, 2.05) is 18.2 Å². The molecule has 10 rings (SSSR count). The van der Waals surface area contributed by atoms with E-state index in [1.54, 1.807) is 0 Å². The van der Waals surface area contributed by atoms with E-state index in [1.165, 1.54) is 66.1 Å². The highest BCUT2D eigenvalue weighted by Crippen LogP contribution is 2.45. The highest BCUT2D eigenvalue weighted by atomic mass is 16.3. The molecule has 0 atom stereocenters. The predicted octanol–water partition coefficient (Wildman–Crippen LogP) is 14.0. The Bertz CT molecular complexity index is 2930. The van der Waals surface area contributed by atoms with E-state index >= 15 is 0 Å². The molecule has 1 heterocycles. The Morgan fingerprint density at radius 1 is 0.420 bits per heavy atom. The van der Waals surface area contributed by atoms with Gasteiger partial charge in [0.1, 0.15) is 11.2 Å². The van der Waals surface area contributed by atoms with Gasteiger partial charge in [-0.3, -0.25) is 0 Å². The van der Waals surface area contributed by atoms with Crippen LogP contribution in [0.5, 0.6) is 0 Å². The van der Waals surface area contributed by atoms with E-state index < -0.39 is 0 Å². The van der Waals surface area contributed by atoms with Crippen molar-refractivity contribution in [2.75, 3.05) is 0 Å². The second-order valence-electron chi connectivity index (χ2n) is 13.2. The molecule has 0 N–H and O–H groups in total. The maximum Gasteiger partial charge on any atom is 0.138 e. The molecular formula is C49H32O. The first-order valence-electron chi connectivity index (χ1n) is 17.7. The molecule has 10 aromatic rings. The lowest BCUT2D eigenvalue weighted by Gasteiger charge is -2.18. The van der Waals surface area contributed by atoms with Gasteiger partial charge < -0.3 is 4.42 Å². The summed E-state index contributed by atoms with van der Waals surface area (Å²) in [7, 11) is 0. The molecule has 0 radical (unpaired) electrons. The van der Waals surface area contributed by atoms with Crippen LogP contribution in [0.2, 0.25) is 0 Å². The molecule has 0 aliphatic carbocycles. The van der Waals surface area contributed by atoms with Crippen molar-refractivity contribution in [1.29, 1.82) is 0 Å². The molecule has 1 nitrogen and oxygen atoms in total. The molecule has 0 saturated carbocycles. The van der Waals surface area contributed by atoms with Crippen LogP contribution in [0.15, 0.2) is 180 Å². The average molecular weight is 638 g/mol. The zero-order valence-corrected chi connectivity index (χ0v) is 27.6. The summed E-state index contributed by atoms with van der Waals surface area (Å²) in [4.78, 5) is 0. The molecule has 1 aromatic heterocycles. The fourth-order valence-electron chi connectivity index (χ4n) is 7.96. The van der Waals surface area contributed by atoms with Gasteiger partial charge in [0, 0.05) is 10.8 Å². The lowest BCUT2D eigenvalue weighted by molar-refractivity contribution is 0.666. The van der Waals surface area contributed by atoms with Gasteiger partial charge in [-0.1, -0.05) is 158 Å². The molecule has 234 valence electrons. The Labute approximate surface area is 292 Å². The Balaban J connectivity index is 1.14. The lowest BCUT2D eigenvalue weighted by atomic mass is 9.85. The molecule has 0 aliphatic rings. The molecule has 0 bridgehead atoms. The average Bonchev–Trinajstić information content (AvgIpc) is 3.57. The molecule has 1 heteroatoms. The van der Waals surface area contributed by atoms with Crippen molar-refractivity contribution in [3.63, 3.8) is 0 Å². The van der Waals surface area contributed by atoms with Crippen molar-refractivity contribution in [3.8, 4) is 44.5 Å². The molecule has 0 amide bonds. The molecule has 0 saturated heterocycles. The standard InChI is InChI=1S/C49H32O/c1-31-11-8-21-44-48-39(20-10-22-45(48)50-49(31)44)37-14-9-15-38(30-37)47-42-18-6-4-16-40(42)46(41-17-5-7-19-43(41)47)34-26-23-33(24-27-34)36-28-25-32-12-2-3-13-35(32)29-36/h2-30H,1H3/i2D. The zero-order valence-electron chi connectivity index (χ0n) is 28.6. The summed E-state index contributed by atoms with van der Waals surface area (Å²) in [6, 6.07) is 61.3. The third-order valence-corrected chi connectivity index (χ3v) is 10.3. The van der Waals surface area contributed by atoms with E-state index in [2.05, 4.69) is 159 Å². The topological polar surface area (TPSA) is 13.1 Å². The number of hydrogen-bond donors (Lipinski definition) is 0. The van der Waals surface area contributed by atoms with Crippen LogP contribution < -0.4 is 0 Å². The smallest absolute Gasteiger partial charge is 0.138 e. The number of rotatable bonds is 4. The van der Waals surface area contributed by atoms with Crippen LogP contribution in [0.4, 0.5) is 0 Å². The summed E-state index contributed by atoms with van der Waals surface area (Å²) in [5, 5.41) is 9.49. The number of furan rings is 1. The molecule has 0 fully saturated rings. The van der Waals surface area contributed by atoms with Crippen LogP contribution in [-0.2, 0) is 0 Å². The van der Waals surface area contributed by atoms with Gasteiger partial charge in [0.05, 0.1) is 1.37 Å². The SMILES string of the molecule is [2H]c1ccc2cc(-c3ccc(-c4c5ccccc5c(-c5cccc(-c6cccc7oc8c(C)cccc8c67)c5)c5ccccc45)cc3)ccc2c1. The van der Waals surface area contributed by atoms with Gasteiger partial charge in [0.25, 0.3) is 0 Å². The largest absolute Gasteiger partial charge is 0.456 e. The number of benzene rings is 9. The van der Waals surface area contributed by atoms with Crippen molar-refractivity contribution in [2.45, 2.75) is 6.92 Å². The van der Waals surface area contributed by atoms with Crippen molar-refractivity contribution in [1.82, 2.24) is 0 Å². The third-order valence-electron chi connectivity index (χ3n) is 10.3. The summed E-state index contributed by atoms with van der Waals surface area (Å²) in [6.07, 6.45) is 0. The minimum absolute atomic E-state index is 0.536. The third kappa shape index (κ3) is 4.48. The van der Waals surface area contributed by atoms with E-state index in [4.69, 9.17) is 5.79 Å². The summed E-state index contributed by atoms with van der Waals surface area (Å²) in [5.74, 6) is 0. The minimum atomic E-state index is 0.536. The van der Waals surface area contributed by atoms with E-state index in [-0.39, 0.29) is 0 Å². The van der Waals surface area contributed by atoms with Crippen LogP contribution in [0.25, 0.3) is 98.8 Å². The fraction of sp³-hybridized carbons (Fsp3) is 0.0204. The first kappa shape index (κ1) is 27.5. The van der Waals surface area contributed by atoms with Gasteiger partial charge in [0.15, 0.2) is 0 Å². The second kappa shape index (κ2) is 11.3. The van der Waals surface area contributed by atoms with Crippen LogP contribution >= 0.6 is 0 Å². The Hall–Kier alpha value is -6.44. The Morgan fingerprint density at radius 3 is 1.80 bits per heavy atom. The van der Waals surface area contributed by atoms with Crippen molar-refractivity contribution >= 4 is 54.3 Å². The van der Waals surface area contributed by atoms with Gasteiger partial charge in [0.2, 0.25) is 0 Å². The highest BCUT2D eigenvalue weighted by molar-refractivity contribution is 6.22. The number of para-hydroxylation sites is 1. The first-order valence-corrected chi connectivity index (χ1v) is 17.2. The van der Waals surface area contributed by atoms with Crippen molar-refractivity contribution in [2.24, 2.45) is 0 Å². The highest BCUT2D eigenvalue weighted by Gasteiger charge is 2.18. The lowest BCUT2D eigenvalue weighted by Crippen LogP contribution is -1.91. The Kier molecular flexibility index (Phi) is 6.23. The summed E-state index contributed by atoms with van der Waals surface area (Å²) in [6.45, 7) is 2.11. The minimum Gasteiger partial charge on any atom is -0.456 e. The number of aryl methyl sites for hydroxylation is 1. The van der Waals surface area contributed by atoms with E-state index in [0.717, 1.165) is 38.3 Å². The maximum absolute atomic E-state index is 7.97. The van der Waals surface area contributed by atoms with E-state index in [9.17, 15) is 0 Å². The normalized spacial score (nSPS) is 12.0. The van der Waals surface area contributed by atoms with Gasteiger partial charge in [-0.25, -0.2) is 0 Å². The Morgan fingerprint density at radius 2 is 1.04 bits per heavy atom. The van der Waals surface area contributed by atoms with Gasteiger partial charge >= 0.3 is 0 Å². The molecule has 0 unspecified atom stereocenters. The predicted molar refractivity (Wildman–Crippen MR) is 213 cm³/mol. The van der Waals surface area contributed by atoms with Crippen LogP contribution in [0, 0.1) is 6.92 Å². The number of hydrogen-bond acceptors (Lipinski definition) is 1. The van der Waals surface area contributed by atoms with Crippen molar-refractivity contribution < 1.29 is 5.79 Å². The molecule has 0 aliphatic heterocycles. The molecule has 50 heavy (non-hydrogen) atoms. The fourth-order valence-corrected chi connectivity index (χ4v) is 7.96. The second-order valence-corrected chi connectivity index (χ2v) is 13.2. The molecule has 0 spiro atoms. The van der Waals surface area contributed by atoms with Crippen molar-refractivity contribution in [3.05, 3.63) is 181 Å². The van der Waals surface area contributed by atoms with Gasteiger partial charge in [-0.05, 0) is 108 Å². The van der Waals surface area contributed by atoms with Crippen LogP contribution in [0.3, 0.4) is 0 Å². The molecule has 9 aromatic carbocycles. The summed E-state index contributed by atoms with van der Waals surface area (Å²) >= 11 is 0. The van der Waals surface area contributed by atoms with E-state index in [0.29, 0.717) is 6.04 Å². The quantitative estimate of drug-likeness (QED) is 0.175. The summed E-state index contributed by atoms with van der Waals surface area (Å²) < 4.78 is 14.3. The zero-order chi connectivity index (χ0) is 34.1. The first-order chi connectivity index (χ1) is 25.1. The van der Waals surface area contributed by atoms with Gasteiger partial charge in [-0.2, -0.15) is 0 Å². The monoisotopic (exact) mass is 637 g/mol. The maximum atomic E-state index is 7.97. The summed E-state index contributed by atoms with van der Waals surface area (Å²) in [5.41, 5.74) is 12.6. The van der Waals surface area contributed by atoms with Crippen LogP contribution in [0.1, 0.15) is 6.93 Å². The van der Waals surface area contributed by atoms with Crippen LogP contribution in [-0.4, -0.2) is 0 Å².